The second-order valence-corrected chi connectivity index (χ2v) is 9.35. The molecule has 4 aliphatic rings. The van der Waals surface area contributed by atoms with Crippen LogP contribution in [0.5, 0.6) is 0 Å². The summed E-state index contributed by atoms with van der Waals surface area (Å²) in [5.74, 6) is 0.929. The molecule has 0 aromatic carbocycles. The molecule has 0 aromatic heterocycles. The average Bonchev–Trinajstić information content (AvgIpc) is 2.91. The van der Waals surface area contributed by atoms with Gasteiger partial charge in [-0.05, 0) is 61.0 Å². The van der Waals surface area contributed by atoms with E-state index in [1.807, 2.05) is 0 Å². The lowest BCUT2D eigenvalue weighted by atomic mass is 9.47. The van der Waals surface area contributed by atoms with Crippen LogP contribution in [-0.4, -0.2) is 36.0 Å². The number of allylic oxidation sites excluding steroid dienone is 4. The van der Waals surface area contributed by atoms with Crippen LogP contribution in [0.15, 0.2) is 23.8 Å². The van der Waals surface area contributed by atoms with Gasteiger partial charge < -0.3 is 9.84 Å². The number of carbonyl (C=O) groups is 2. The van der Waals surface area contributed by atoms with Gasteiger partial charge in [-0.25, -0.2) is 0 Å². The molecule has 4 heteroatoms. The Morgan fingerprint density at radius 2 is 2.00 bits per heavy atom. The molecule has 0 unspecified atom stereocenters. The van der Waals surface area contributed by atoms with Crippen LogP contribution in [0.25, 0.3) is 0 Å². The Morgan fingerprint density at radius 3 is 2.65 bits per heavy atom. The summed E-state index contributed by atoms with van der Waals surface area (Å²) in [7, 11) is 1.68. The predicted molar refractivity (Wildman–Crippen MR) is 98.4 cm³/mol. The number of rotatable bonds is 2. The summed E-state index contributed by atoms with van der Waals surface area (Å²) >= 11 is 0. The number of fused-ring (bicyclic) bond motifs is 5. The first kappa shape index (κ1) is 18.1. The number of ether oxygens (including phenoxy) is 1. The number of Topliss-reactive ketones (excluding diaryl/α,β-unsaturated/α-hetero) is 1. The zero-order valence-corrected chi connectivity index (χ0v) is 16.2. The monoisotopic (exact) mass is 358 g/mol. The Balaban J connectivity index is 1.79. The molecule has 26 heavy (non-hydrogen) atoms. The average molecular weight is 358 g/mol. The topological polar surface area (TPSA) is 63.6 Å². The van der Waals surface area contributed by atoms with Gasteiger partial charge in [-0.2, -0.15) is 0 Å². The lowest BCUT2D eigenvalue weighted by molar-refractivity contribution is -0.145. The molecule has 0 amide bonds. The van der Waals surface area contributed by atoms with Crippen molar-refractivity contribution in [1.82, 2.24) is 0 Å². The number of aliphatic hydroxyl groups is 1. The third kappa shape index (κ3) is 2.21. The quantitative estimate of drug-likeness (QED) is 0.824. The maximum Gasteiger partial charge on any atom is 0.156 e. The van der Waals surface area contributed by atoms with Crippen molar-refractivity contribution in [2.75, 3.05) is 7.11 Å². The molecule has 4 aliphatic carbocycles. The molecule has 4 nitrogen and oxygen atoms in total. The van der Waals surface area contributed by atoms with Crippen molar-refractivity contribution in [3.63, 3.8) is 0 Å². The molecule has 0 spiro atoms. The van der Waals surface area contributed by atoms with Gasteiger partial charge >= 0.3 is 0 Å². The lowest BCUT2D eigenvalue weighted by Crippen LogP contribution is -2.56. The van der Waals surface area contributed by atoms with E-state index >= 15 is 0 Å². The van der Waals surface area contributed by atoms with Crippen molar-refractivity contribution < 1.29 is 19.4 Å². The van der Waals surface area contributed by atoms with Crippen LogP contribution in [0.1, 0.15) is 46.5 Å². The fourth-order valence-corrected chi connectivity index (χ4v) is 6.91. The summed E-state index contributed by atoms with van der Waals surface area (Å²) in [6, 6.07) is 0. The minimum absolute atomic E-state index is 0.0630. The van der Waals surface area contributed by atoms with Gasteiger partial charge in [0.25, 0.3) is 0 Å². The molecular formula is C22H30O4. The van der Waals surface area contributed by atoms with E-state index in [2.05, 4.69) is 26.0 Å². The SMILES string of the molecule is CO[C@@H]1C[C@H]2[C@@H]3C=CC4=CC(=O)CC[C@]4(C)[C@H]3C[C@@H](O)[C@]2(C)[C@H]1C(C)=O. The van der Waals surface area contributed by atoms with Gasteiger partial charge in [-0.1, -0.05) is 26.0 Å². The lowest BCUT2D eigenvalue weighted by Gasteiger charge is -2.57. The van der Waals surface area contributed by atoms with Gasteiger partial charge in [0.15, 0.2) is 5.78 Å². The Bertz CT molecular complexity index is 707. The number of carbonyl (C=O) groups excluding carboxylic acids is 2. The number of methoxy groups -OCH3 is 1. The summed E-state index contributed by atoms with van der Waals surface area (Å²) in [5, 5.41) is 11.2. The van der Waals surface area contributed by atoms with Crippen molar-refractivity contribution in [2.24, 2.45) is 34.5 Å². The molecule has 0 radical (unpaired) electrons. The van der Waals surface area contributed by atoms with Crippen molar-refractivity contribution >= 4 is 11.6 Å². The van der Waals surface area contributed by atoms with Gasteiger partial charge in [0.1, 0.15) is 5.78 Å². The van der Waals surface area contributed by atoms with Crippen LogP contribution in [-0.2, 0) is 14.3 Å². The van der Waals surface area contributed by atoms with Gasteiger partial charge in [0.05, 0.1) is 18.1 Å². The summed E-state index contributed by atoms with van der Waals surface area (Å²) in [6.07, 6.45) is 8.49. The maximum atomic E-state index is 12.5. The Morgan fingerprint density at radius 1 is 1.27 bits per heavy atom. The van der Waals surface area contributed by atoms with E-state index in [4.69, 9.17) is 4.74 Å². The van der Waals surface area contributed by atoms with E-state index in [1.165, 1.54) is 0 Å². The van der Waals surface area contributed by atoms with E-state index in [-0.39, 0.29) is 34.9 Å². The molecule has 0 heterocycles. The van der Waals surface area contributed by atoms with Crippen LogP contribution in [0.2, 0.25) is 0 Å². The molecular weight excluding hydrogens is 328 g/mol. The number of ketones is 2. The van der Waals surface area contributed by atoms with Gasteiger partial charge in [-0.15, -0.1) is 0 Å². The van der Waals surface area contributed by atoms with E-state index in [0.717, 1.165) is 18.4 Å². The smallest absolute Gasteiger partial charge is 0.156 e. The zero-order valence-electron chi connectivity index (χ0n) is 16.2. The molecule has 0 aliphatic heterocycles. The van der Waals surface area contributed by atoms with E-state index < -0.39 is 11.5 Å². The number of hydrogen-bond acceptors (Lipinski definition) is 4. The normalized spacial score (nSPS) is 49.9. The fraction of sp³-hybridized carbons (Fsp3) is 0.727. The minimum Gasteiger partial charge on any atom is -0.393 e. The van der Waals surface area contributed by atoms with E-state index in [1.54, 1.807) is 20.1 Å². The predicted octanol–water partition coefficient (Wildman–Crippen LogP) is 3.10. The molecule has 142 valence electrons. The molecule has 2 fully saturated rings. The van der Waals surface area contributed by atoms with Crippen molar-refractivity contribution in [3.8, 4) is 0 Å². The zero-order chi connectivity index (χ0) is 18.9. The standard InChI is InChI=1S/C22H30O4/c1-12(23)20-18(26-4)10-17-15-6-5-13-9-14(24)7-8-21(13,2)16(15)11-19(25)22(17,20)3/h5-6,9,15-20,25H,7-8,10-11H2,1-4H3/t15-,16+,17+,18-,19-,20+,21+,22-/m1/s1. The highest BCUT2D eigenvalue weighted by atomic mass is 16.5. The molecule has 1 N–H and O–H groups in total. The van der Waals surface area contributed by atoms with Gasteiger partial charge in [0.2, 0.25) is 0 Å². The fourth-order valence-electron chi connectivity index (χ4n) is 6.91. The van der Waals surface area contributed by atoms with Crippen LogP contribution in [0, 0.1) is 34.5 Å². The van der Waals surface area contributed by atoms with Gasteiger partial charge in [0, 0.05) is 18.9 Å². The summed E-state index contributed by atoms with van der Waals surface area (Å²) < 4.78 is 5.70. The summed E-state index contributed by atoms with van der Waals surface area (Å²) in [4.78, 5) is 24.4. The molecule has 2 saturated carbocycles. The molecule has 0 saturated heterocycles. The molecule has 4 rings (SSSR count). The maximum absolute atomic E-state index is 12.5. The minimum atomic E-state index is -0.523. The second-order valence-electron chi connectivity index (χ2n) is 9.35. The molecule has 0 aromatic rings. The molecule has 0 bridgehead atoms. The third-order valence-corrected chi connectivity index (χ3v) is 8.38. The first-order chi connectivity index (χ1) is 12.2. The van der Waals surface area contributed by atoms with Crippen LogP contribution in [0.4, 0.5) is 0 Å². The Kier molecular flexibility index (Phi) is 4.09. The third-order valence-electron chi connectivity index (χ3n) is 8.38. The highest BCUT2D eigenvalue weighted by Gasteiger charge is 2.65. The van der Waals surface area contributed by atoms with E-state index in [0.29, 0.717) is 24.7 Å². The van der Waals surface area contributed by atoms with Crippen molar-refractivity contribution in [1.29, 1.82) is 0 Å². The van der Waals surface area contributed by atoms with Crippen molar-refractivity contribution in [2.45, 2.75) is 58.7 Å². The van der Waals surface area contributed by atoms with Crippen LogP contribution < -0.4 is 0 Å². The largest absolute Gasteiger partial charge is 0.393 e. The van der Waals surface area contributed by atoms with Gasteiger partial charge in [-0.3, -0.25) is 9.59 Å². The van der Waals surface area contributed by atoms with E-state index in [9.17, 15) is 14.7 Å². The summed E-state index contributed by atoms with van der Waals surface area (Å²) in [6.45, 7) is 5.98. The van der Waals surface area contributed by atoms with Crippen LogP contribution in [0.3, 0.4) is 0 Å². The highest BCUT2D eigenvalue weighted by Crippen LogP contribution is 2.65. The van der Waals surface area contributed by atoms with Crippen LogP contribution >= 0.6 is 0 Å². The number of aliphatic hydroxyl groups excluding tert-OH is 1. The second kappa shape index (κ2) is 5.87. The first-order valence-electron chi connectivity index (χ1n) is 9.88. The number of hydrogen-bond donors (Lipinski definition) is 1. The highest BCUT2D eigenvalue weighted by molar-refractivity contribution is 5.92. The Hall–Kier alpha value is -1.26. The Labute approximate surface area is 155 Å². The molecule has 8 atom stereocenters. The summed E-state index contributed by atoms with van der Waals surface area (Å²) in [5.41, 5.74) is 0.613. The first-order valence-corrected chi connectivity index (χ1v) is 9.88. The van der Waals surface area contributed by atoms with Crippen molar-refractivity contribution in [3.05, 3.63) is 23.8 Å².